The standard InChI is InChI=1S/C13H16BrNO3/c1-3-11(13(17)18)15-12(16)8(2)9-4-6-10(14)7-5-9/h4-8,11H,3H2,1-2H3,(H,15,16)(H,17,18). The van der Waals surface area contributed by atoms with Crippen molar-refractivity contribution < 1.29 is 14.7 Å². The van der Waals surface area contributed by atoms with Gasteiger partial charge in [-0.05, 0) is 31.0 Å². The summed E-state index contributed by atoms with van der Waals surface area (Å²) in [5, 5.41) is 11.4. The first-order valence-electron chi connectivity index (χ1n) is 5.74. The number of aliphatic carboxylic acids is 1. The van der Waals surface area contributed by atoms with E-state index in [4.69, 9.17) is 5.11 Å². The highest BCUT2D eigenvalue weighted by Crippen LogP contribution is 2.18. The van der Waals surface area contributed by atoms with Crippen molar-refractivity contribution in [3.05, 3.63) is 34.3 Å². The minimum absolute atomic E-state index is 0.272. The number of carboxylic acid groups (broad SMARTS) is 1. The molecule has 5 heteroatoms. The van der Waals surface area contributed by atoms with Gasteiger partial charge in [0.2, 0.25) is 5.91 Å². The molecule has 1 rings (SSSR count). The van der Waals surface area contributed by atoms with E-state index in [0.717, 1.165) is 10.0 Å². The zero-order valence-electron chi connectivity index (χ0n) is 10.3. The van der Waals surface area contributed by atoms with Gasteiger partial charge in [0.1, 0.15) is 6.04 Å². The van der Waals surface area contributed by atoms with E-state index in [0.29, 0.717) is 6.42 Å². The zero-order valence-corrected chi connectivity index (χ0v) is 11.9. The van der Waals surface area contributed by atoms with E-state index in [-0.39, 0.29) is 11.8 Å². The van der Waals surface area contributed by atoms with Crippen molar-refractivity contribution in [3.8, 4) is 0 Å². The van der Waals surface area contributed by atoms with Gasteiger partial charge in [-0.2, -0.15) is 0 Å². The lowest BCUT2D eigenvalue weighted by molar-refractivity contribution is -0.142. The number of nitrogens with one attached hydrogen (secondary N) is 1. The van der Waals surface area contributed by atoms with E-state index in [1.807, 2.05) is 24.3 Å². The summed E-state index contributed by atoms with van der Waals surface area (Å²) in [4.78, 5) is 22.8. The lowest BCUT2D eigenvalue weighted by Gasteiger charge is -2.16. The number of benzene rings is 1. The van der Waals surface area contributed by atoms with Gasteiger partial charge in [-0.15, -0.1) is 0 Å². The van der Waals surface area contributed by atoms with E-state index in [9.17, 15) is 9.59 Å². The maximum Gasteiger partial charge on any atom is 0.326 e. The number of carboxylic acids is 1. The molecular weight excluding hydrogens is 298 g/mol. The van der Waals surface area contributed by atoms with Crippen LogP contribution in [0.5, 0.6) is 0 Å². The molecule has 0 bridgehead atoms. The molecule has 2 unspecified atom stereocenters. The Morgan fingerprint density at radius 3 is 2.33 bits per heavy atom. The molecule has 18 heavy (non-hydrogen) atoms. The summed E-state index contributed by atoms with van der Waals surface area (Å²) in [6.45, 7) is 3.48. The van der Waals surface area contributed by atoms with Gasteiger partial charge in [-0.25, -0.2) is 4.79 Å². The number of amides is 1. The van der Waals surface area contributed by atoms with E-state index in [1.165, 1.54) is 0 Å². The molecule has 0 aliphatic rings. The van der Waals surface area contributed by atoms with Gasteiger partial charge < -0.3 is 10.4 Å². The Labute approximate surface area is 115 Å². The molecule has 0 aliphatic carbocycles. The average Bonchev–Trinajstić information content (AvgIpc) is 2.35. The van der Waals surface area contributed by atoms with E-state index in [2.05, 4.69) is 21.2 Å². The number of rotatable bonds is 5. The predicted octanol–water partition coefficient (Wildman–Crippen LogP) is 2.53. The molecule has 0 radical (unpaired) electrons. The Bertz CT molecular complexity index is 430. The largest absolute Gasteiger partial charge is 0.480 e. The first-order valence-corrected chi connectivity index (χ1v) is 6.53. The number of carbonyl (C=O) groups is 2. The molecule has 0 saturated heterocycles. The van der Waals surface area contributed by atoms with E-state index < -0.39 is 12.0 Å². The van der Waals surface area contributed by atoms with Crippen LogP contribution in [0.1, 0.15) is 31.7 Å². The minimum atomic E-state index is -1.01. The molecular formula is C13H16BrNO3. The van der Waals surface area contributed by atoms with Crippen LogP contribution in [0.4, 0.5) is 0 Å². The first-order chi connectivity index (χ1) is 8.45. The van der Waals surface area contributed by atoms with Crippen LogP contribution in [0.3, 0.4) is 0 Å². The van der Waals surface area contributed by atoms with Gasteiger partial charge in [0.25, 0.3) is 0 Å². The Balaban J connectivity index is 2.72. The van der Waals surface area contributed by atoms with Crippen molar-refractivity contribution in [1.82, 2.24) is 5.32 Å². The second kappa shape index (κ2) is 6.54. The number of halogens is 1. The Morgan fingerprint density at radius 2 is 1.89 bits per heavy atom. The van der Waals surface area contributed by atoms with Gasteiger partial charge in [0.05, 0.1) is 5.92 Å². The fourth-order valence-corrected chi connectivity index (χ4v) is 1.80. The SMILES string of the molecule is CCC(NC(=O)C(C)c1ccc(Br)cc1)C(=O)O. The highest BCUT2D eigenvalue weighted by atomic mass is 79.9. The molecule has 0 saturated carbocycles. The van der Waals surface area contributed by atoms with Crippen molar-refractivity contribution in [2.75, 3.05) is 0 Å². The van der Waals surface area contributed by atoms with E-state index >= 15 is 0 Å². The molecule has 1 aromatic carbocycles. The smallest absolute Gasteiger partial charge is 0.326 e. The third-order valence-corrected chi connectivity index (χ3v) is 3.31. The van der Waals surface area contributed by atoms with Gasteiger partial charge in [0.15, 0.2) is 0 Å². The van der Waals surface area contributed by atoms with Gasteiger partial charge in [-0.3, -0.25) is 4.79 Å². The van der Waals surface area contributed by atoms with Crippen LogP contribution in [0, 0.1) is 0 Å². The van der Waals surface area contributed by atoms with Crippen molar-refractivity contribution >= 4 is 27.8 Å². The second-order valence-corrected chi connectivity index (χ2v) is 5.00. The quantitative estimate of drug-likeness (QED) is 0.878. The van der Waals surface area contributed by atoms with Gasteiger partial charge >= 0.3 is 5.97 Å². The summed E-state index contributed by atoms with van der Waals surface area (Å²) in [6, 6.07) is 6.57. The van der Waals surface area contributed by atoms with Crippen LogP contribution >= 0.6 is 15.9 Å². The van der Waals surface area contributed by atoms with Crippen LogP contribution in [0.2, 0.25) is 0 Å². The number of carbonyl (C=O) groups excluding carboxylic acids is 1. The highest BCUT2D eigenvalue weighted by Gasteiger charge is 2.22. The van der Waals surface area contributed by atoms with Crippen LogP contribution in [0.15, 0.2) is 28.7 Å². The summed E-state index contributed by atoms with van der Waals surface area (Å²) in [5.41, 5.74) is 0.857. The Kier molecular flexibility index (Phi) is 5.34. The van der Waals surface area contributed by atoms with Crippen LogP contribution in [0.25, 0.3) is 0 Å². The van der Waals surface area contributed by atoms with Gasteiger partial charge in [0, 0.05) is 4.47 Å². The average molecular weight is 314 g/mol. The number of hydrogen-bond donors (Lipinski definition) is 2. The monoisotopic (exact) mass is 313 g/mol. The number of hydrogen-bond acceptors (Lipinski definition) is 2. The van der Waals surface area contributed by atoms with Crippen LogP contribution in [-0.2, 0) is 9.59 Å². The molecule has 0 heterocycles. The van der Waals surface area contributed by atoms with E-state index in [1.54, 1.807) is 13.8 Å². The summed E-state index contributed by atoms with van der Waals surface area (Å²) < 4.78 is 0.941. The third kappa shape index (κ3) is 3.84. The maximum atomic E-state index is 11.9. The molecule has 98 valence electrons. The van der Waals surface area contributed by atoms with Crippen LogP contribution in [-0.4, -0.2) is 23.0 Å². The molecule has 2 N–H and O–H groups in total. The molecule has 1 aromatic rings. The first kappa shape index (κ1) is 14.7. The Morgan fingerprint density at radius 1 is 1.33 bits per heavy atom. The summed E-state index contributed by atoms with van der Waals surface area (Å²) in [6.07, 6.45) is 0.369. The molecule has 0 spiro atoms. The van der Waals surface area contributed by atoms with Crippen molar-refractivity contribution in [2.24, 2.45) is 0 Å². The zero-order chi connectivity index (χ0) is 13.7. The molecule has 0 aliphatic heterocycles. The van der Waals surface area contributed by atoms with Crippen LogP contribution < -0.4 is 5.32 Å². The lowest BCUT2D eigenvalue weighted by Crippen LogP contribution is -2.42. The van der Waals surface area contributed by atoms with Crippen molar-refractivity contribution in [1.29, 1.82) is 0 Å². The molecule has 0 fully saturated rings. The van der Waals surface area contributed by atoms with Gasteiger partial charge in [-0.1, -0.05) is 35.0 Å². The maximum absolute atomic E-state index is 11.9. The lowest BCUT2D eigenvalue weighted by atomic mass is 10.00. The predicted molar refractivity (Wildman–Crippen MR) is 72.4 cm³/mol. The molecule has 1 amide bonds. The molecule has 0 aromatic heterocycles. The van der Waals surface area contributed by atoms with Crippen molar-refractivity contribution in [3.63, 3.8) is 0 Å². The summed E-state index contributed by atoms with van der Waals surface area (Å²) in [7, 11) is 0. The fraction of sp³-hybridized carbons (Fsp3) is 0.385. The minimum Gasteiger partial charge on any atom is -0.480 e. The highest BCUT2D eigenvalue weighted by molar-refractivity contribution is 9.10. The fourth-order valence-electron chi connectivity index (χ4n) is 1.54. The summed E-state index contributed by atoms with van der Waals surface area (Å²) in [5.74, 6) is -1.65. The second-order valence-electron chi connectivity index (χ2n) is 4.08. The molecule has 4 nitrogen and oxygen atoms in total. The normalized spacial score (nSPS) is 13.7. The molecule has 2 atom stereocenters. The Hall–Kier alpha value is -1.36. The topological polar surface area (TPSA) is 66.4 Å². The van der Waals surface area contributed by atoms with Crippen molar-refractivity contribution in [2.45, 2.75) is 32.2 Å². The summed E-state index contributed by atoms with van der Waals surface area (Å²) >= 11 is 3.32. The third-order valence-electron chi connectivity index (χ3n) is 2.79.